The van der Waals surface area contributed by atoms with Crippen LogP contribution in [0, 0.1) is 0 Å². The topological polar surface area (TPSA) is 52.6 Å². The normalized spacial score (nSPS) is 30.1. The number of hydrogen-bond donors (Lipinski definition) is 2. The van der Waals surface area contributed by atoms with E-state index >= 15 is 0 Å². The maximum atomic E-state index is 11.9. The van der Waals surface area contributed by atoms with Crippen molar-refractivity contribution in [1.29, 1.82) is 0 Å². The van der Waals surface area contributed by atoms with Gasteiger partial charge in [0.2, 0.25) is 0 Å². The van der Waals surface area contributed by atoms with Crippen LogP contribution in [0.3, 0.4) is 0 Å². The molecule has 1 atom stereocenters. The molecule has 0 aromatic rings. The largest absolute Gasteiger partial charge is 0.391 e. The lowest BCUT2D eigenvalue weighted by Gasteiger charge is -2.45. The lowest BCUT2D eigenvalue weighted by Crippen LogP contribution is -2.60. The van der Waals surface area contributed by atoms with Crippen LogP contribution >= 0.6 is 0 Å². The molecule has 2 amide bonds. The molecule has 0 bridgehead atoms. The van der Waals surface area contributed by atoms with Crippen LogP contribution in [-0.2, 0) is 0 Å². The summed E-state index contributed by atoms with van der Waals surface area (Å²) in [5.41, 5.74) is -0.433. The summed E-state index contributed by atoms with van der Waals surface area (Å²) in [5.74, 6) is 0. The number of hydrogen-bond acceptors (Lipinski definition) is 2. The molecule has 0 radical (unpaired) electrons. The Balaban J connectivity index is 2.01. The van der Waals surface area contributed by atoms with E-state index in [-0.39, 0.29) is 6.03 Å². The van der Waals surface area contributed by atoms with Crippen molar-refractivity contribution in [2.75, 3.05) is 6.54 Å². The van der Waals surface area contributed by atoms with Gasteiger partial charge >= 0.3 is 6.03 Å². The summed E-state index contributed by atoms with van der Waals surface area (Å²) in [6.07, 6.45) is 3.48. The summed E-state index contributed by atoms with van der Waals surface area (Å²) in [4.78, 5) is 13.7. The maximum absolute atomic E-state index is 11.9. The van der Waals surface area contributed by atoms with E-state index in [0.29, 0.717) is 6.04 Å². The number of piperidine rings is 1. The zero-order valence-electron chi connectivity index (χ0n) is 9.49. The van der Waals surface area contributed by atoms with Crippen molar-refractivity contribution in [1.82, 2.24) is 10.2 Å². The Bertz CT molecular complexity index is 261. The van der Waals surface area contributed by atoms with E-state index in [1.807, 2.05) is 13.8 Å². The molecule has 1 saturated heterocycles. The van der Waals surface area contributed by atoms with Gasteiger partial charge in [0.15, 0.2) is 0 Å². The van der Waals surface area contributed by atoms with Crippen LogP contribution in [0.2, 0.25) is 0 Å². The van der Waals surface area contributed by atoms with Crippen LogP contribution < -0.4 is 5.32 Å². The van der Waals surface area contributed by atoms with Crippen LogP contribution in [0.1, 0.15) is 39.5 Å². The lowest BCUT2D eigenvalue weighted by molar-refractivity contribution is -0.0205. The maximum Gasteiger partial charge on any atom is 0.318 e. The zero-order valence-corrected chi connectivity index (χ0v) is 9.49. The molecule has 4 heteroatoms. The Labute approximate surface area is 90.6 Å². The Morgan fingerprint density at radius 3 is 2.67 bits per heavy atom. The molecule has 1 heterocycles. The molecule has 1 aliphatic heterocycles. The highest BCUT2D eigenvalue weighted by molar-refractivity contribution is 5.76. The predicted molar refractivity (Wildman–Crippen MR) is 57.6 cm³/mol. The number of aliphatic hydroxyl groups is 1. The van der Waals surface area contributed by atoms with Crippen LogP contribution in [0.25, 0.3) is 0 Å². The fourth-order valence-corrected chi connectivity index (χ4v) is 2.11. The molecule has 86 valence electrons. The number of nitrogens with one attached hydrogen (secondary N) is 1. The molecule has 0 aromatic heterocycles. The smallest absolute Gasteiger partial charge is 0.318 e. The van der Waals surface area contributed by atoms with Gasteiger partial charge in [0.1, 0.15) is 0 Å². The number of carbonyl (C=O) groups is 1. The van der Waals surface area contributed by atoms with Gasteiger partial charge in [-0.3, -0.25) is 0 Å². The quantitative estimate of drug-likeness (QED) is 0.683. The monoisotopic (exact) mass is 212 g/mol. The molecular weight excluding hydrogens is 192 g/mol. The molecular formula is C11H20N2O2. The summed E-state index contributed by atoms with van der Waals surface area (Å²) >= 11 is 0. The number of amides is 2. The van der Waals surface area contributed by atoms with Crippen molar-refractivity contribution >= 4 is 6.03 Å². The van der Waals surface area contributed by atoms with Crippen molar-refractivity contribution in [3.8, 4) is 0 Å². The average molecular weight is 212 g/mol. The standard InChI is InChI=1S/C11H20N2O2/c1-11(2)9(14)4-3-7-13(11)10(15)12-8-5-6-8/h8-9,14H,3-7H2,1-2H3,(H,12,15). The van der Waals surface area contributed by atoms with Crippen LogP contribution in [0.5, 0.6) is 0 Å². The molecule has 1 saturated carbocycles. The van der Waals surface area contributed by atoms with E-state index in [1.54, 1.807) is 4.90 Å². The fraction of sp³-hybridized carbons (Fsp3) is 0.909. The number of rotatable bonds is 1. The number of likely N-dealkylation sites (tertiary alicyclic amines) is 1. The minimum Gasteiger partial charge on any atom is -0.391 e. The molecule has 2 rings (SSSR count). The SMILES string of the molecule is CC1(C)C(O)CCCN1C(=O)NC1CC1. The first-order valence-corrected chi connectivity index (χ1v) is 5.78. The van der Waals surface area contributed by atoms with Crippen LogP contribution in [-0.4, -0.2) is 40.3 Å². The predicted octanol–water partition coefficient (Wildman–Crippen LogP) is 1.09. The molecule has 1 unspecified atom stereocenters. The van der Waals surface area contributed by atoms with Gasteiger partial charge < -0.3 is 15.3 Å². The summed E-state index contributed by atoms with van der Waals surface area (Å²) < 4.78 is 0. The third kappa shape index (κ3) is 2.09. The van der Waals surface area contributed by atoms with E-state index < -0.39 is 11.6 Å². The van der Waals surface area contributed by atoms with Gasteiger partial charge in [0.05, 0.1) is 11.6 Å². The molecule has 15 heavy (non-hydrogen) atoms. The Hall–Kier alpha value is -0.770. The van der Waals surface area contributed by atoms with Gasteiger partial charge in [-0.15, -0.1) is 0 Å². The van der Waals surface area contributed by atoms with Crippen LogP contribution in [0.15, 0.2) is 0 Å². The molecule has 2 fully saturated rings. The van der Waals surface area contributed by atoms with Gasteiger partial charge in [-0.2, -0.15) is 0 Å². The number of nitrogens with zero attached hydrogens (tertiary/aromatic N) is 1. The van der Waals surface area contributed by atoms with E-state index in [4.69, 9.17) is 0 Å². The minimum atomic E-state index is -0.433. The van der Waals surface area contributed by atoms with E-state index in [2.05, 4.69) is 5.32 Å². The van der Waals surface area contributed by atoms with E-state index in [1.165, 1.54) is 0 Å². The van der Waals surface area contributed by atoms with Crippen molar-refractivity contribution in [2.24, 2.45) is 0 Å². The van der Waals surface area contributed by atoms with Crippen LogP contribution in [0.4, 0.5) is 4.79 Å². The fourth-order valence-electron chi connectivity index (χ4n) is 2.11. The summed E-state index contributed by atoms with van der Waals surface area (Å²) in [7, 11) is 0. The molecule has 0 aromatic carbocycles. The first-order valence-electron chi connectivity index (χ1n) is 5.78. The molecule has 2 N–H and O–H groups in total. The number of urea groups is 1. The third-order valence-electron chi connectivity index (χ3n) is 3.52. The van der Waals surface area contributed by atoms with E-state index in [0.717, 1.165) is 32.2 Å². The van der Waals surface area contributed by atoms with Gasteiger partial charge in [-0.1, -0.05) is 0 Å². The Morgan fingerprint density at radius 2 is 2.07 bits per heavy atom. The minimum absolute atomic E-state index is 0.0127. The van der Waals surface area contributed by atoms with Gasteiger partial charge in [-0.05, 0) is 39.5 Å². The summed E-state index contributed by atoms with van der Waals surface area (Å²) in [6, 6.07) is 0.369. The first kappa shape index (κ1) is 10.7. The highest BCUT2D eigenvalue weighted by Crippen LogP contribution is 2.28. The molecule has 2 aliphatic rings. The Morgan fingerprint density at radius 1 is 1.40 bits per heavy atom. The Kier molecular flexibility index (Phi) is 2.63. The third-order valence-corrected chi connectivity index (χ3v) is 3.52. The van der Waals surface area contributed by atoms with Gasteiger partial charge in [0, 0.05) is 12.6 Å². The van der Waals surface area contributed by atoms with Gasteiger partial charge in [-0.25, -0.2) is 4.79 Å². The van der Waals surface area contributed by atoms with Crippen molar-refractivity contribution < 1.29 is 9.90 Å². The van der Waals surface area contributed by atoms with Gasteiger partial charge in [0.25, 0.3) is 0 Å². The average Bonchev–Trinajstić information content (AvgIpc) is 2.93. The van der Waals surface area contributed by atoms with Crippen molar-refractivity contribution in [2.45, 2.75) is 57.2 Å². The molecule has 1 aliphatic carbocycles. The zero-order chi connectivity index (χ0) is 11.1. The summed E-state index contributed by atoms with van der Waals surface area (Å²) in [6.45, 7) is 4.62. The highest BCUT2D eigenvalue weighted by atomic mass is 16.3. The number of aliphatic hydroxyl groups excluding tert-OH is 1. The molecule has 4 nitrogen and oxygen atoms in total. The first-order chi connectivity index (χ1) is 7.01. The molecule has 0 spiro atoms. The number of carbonyl (C=O) groups excluding carboxylic acids is 1. The summed E-state index contributed by atoms with van der Waals surface area (Å²) in [5, 5.41) is 12.9. The highest BCUT2D eigenvalue weighted by Gasteiger charge is 2.41. The van der Waals surface area contributed by atoms with Crippen molar-refractivity contribution in [3.05, 3.63) is 0 Å². The second-order valence-electron chi connectivity index (χ2n) is 5.19. The second kappa shape index (κ2) is 3.67. The van der Waals surface area contributed by atoms with E-state index in [9.17, 15) is 9.90 Å². The lowest BCUT2D eigenvalue weighted by atomic mass is 9.87. The second-order valence-corrected chi connectivity index (χ2v) is 5.19. The van der Waals surface area contributed by atoms with Crippen molar-refractivity contribution in [3.63, 3.8) is 0 Å².